The Labute approximate surface area is 81.6 Å². The lowest BCUT2D eigenvalue weighted by atomic mass is 10.3. The third-order valence-corrected chi connectivity index (χ3v) is 1.87. The quantitative estimate of drug-likeness (QED) is 0.768. The van der Waals surface area contributed by atoms with Crippen molar-refractivity contribution in [3.8, 4) is 0 Å². The fourth-order valence-corrected chi connectivity index (χ4v) is 1.23. The van der Waals surface area contributed by atoms with Gasteiger partial charge in [-0.1, -0.05) is 5.16 Å². The van der Waals surface area contributed by atoms with Gasteiger partial charge in [0.2, 0.25) is 5.82 Å². The number of hydrogen-bond acceptors (Lipinski definition) is 6. The van der Waals surface area contributed by atoms with Crippen molar-refractivity contribution < 1.29 is 14.0 Å². The lowest BCUT2D eigenvalue weighted by Gasteiger charge is -2.19. The second kappa shape index (κ2) is 4.39. The van der Waals surface area contributed by atoms with Crippen molar-refractivity contribution in [2.24, 2.45) is 0 Å². The highest BCUT2D eigenvalue weighted by Gasteiger charge is 2.21. The largest absolute Gasteiger partial charge is 0.376 e. The van der Waals surface area contributed by atoms with Gasteiger partial charge in [0.25, 0.3) is 0 Å². The van der Waals surface area contributed by atoms with Crippen LogP contribution < -0.4 is 5.32 Å². The monoisotopic (exact) mass is 199 g/mol. The Balaban J connectivity index is 2.00. The minimum atomic E-state index is -0.195. The van der Waals surface area contributed by atoms with Crippen molar-refractivity contribution in [2.45, 2.75) is 13.0 Å². The average molecular weight is 199 g/mol. The molecule has 0 aromatic carbocycles. The molecule has 1 unspecified atom stereocenters. The smallest absolute Gasteiger partial charge is 0.321 e. The molecule has 0 spiro atoms. The molecule has 14 heavy (non-hydrogen) atoms. The number of nitrogens with zero attached hydrogens (tertiary/aromatic N) is 2. The van der Waals surface area contributed by atoms with Gasteiger partial charge in [0, 0.05) is 6.54 Å². The summed E-state index contributed by atoms with van der Waals surface area (Å²) >= 11 is 0. The number of ether oxygens (including phenoxy) is 2. The lowest BCUT2D eigenvalue weighted by molar-refractivity contribution is -0.0941. The first-order valence-electron chi connectivity index (χ1n) is 4.67. The van der Waals surface area contributed by atoms with Gasteiger partial charge in [0.05, 0.1) is 19.8 Å². The molecular weight excluding hydrogens is 186 g/mol. The molecule has 0 radical (unpaired) electrons. The first-order chi connectivity index (χ1) is 6.90. The van der Waals surface area contributed by atoms with Gasteiger partial charge in [-0.2, -0.15) is 4.98 Å². The molecule has 78 valence electrons. The first-order valence-corrected chi connectivity index (χ1v) is 4.67. The van der Waals surface area contributed by atoms with Gasteiger partial charge in [0.15, 0.2) is 0 Å². The van der Waals surface area contributed by atoms with E-state index in [9.17, 15) is 0 Å². The standard InChI is InChI=1S/C8H13N3O3/c1-2-9-8-10-7(11-14-8)6-5-12-3-4-13-6/h6H,2-5H2,1H3,(H,9,10,11). The van der Waals surface area contributed by atoms with Crippen LogP contribution >= 0.6 is 0 Å². The highest BCUT2D eigenvalue weighted by Crippen LogP contribution is 2.18. The molecule has 0 bridgehead atoms. The van der Waals surface area contributed by atoms with Crippen LogP contribution in [0.25, 0.3) is 0 Å². The summed E-state index contributed by atoms with van der Waals surface area (Å²) in [6.07, 6.45) is -0.195. The number of aromatic nitrogens is 2. The summed E-state index contributed by atoms with van der Waals surface area (Å²) in [6, 6.07) is 0.427. The van der Waals surface area contributed by atoms with Gasteiger partial charge >= 0.3 is 6.01 Å². The van der Waals surface area contributed by atoms with E-state index in [-0.39, 0.29) is 6.10 Å². The number of nitrogens with one attached hydrogen (secondary N) is 1. The topological polar surface area (TPSA) is 69.4 Å². The van der Waals surface area contributed by atoms with Gasteiger partial charge < -0.3 is 19.3 Å². The average Bonchev–Trinajstić information content (AvgIpc) is 2.68. The molecule has 2 heterocycles. The molecule has 1 aromatic heterocycles. The Hall–Kier alpha value is -1.14. The zero-order valence-electron chi connectivity index (χ0n) is 8.02. The summed E-state index contributed by atoms with van der Waals surface area (Å²) in [5.74, 6) is 0.542. The van der Waals surface area contributed by atoms with E-state index in [1.165, 1.54) is 0 Å². The van der Waals surface area contributed by atoms with E-state index in [4.69, 9.17) is 14.0 Å². The highest BCUT2D eigenvalue weighted by atomic mass is 16.6. The van der Waals surface area contributed by atoms with E-state index >= 15 is 0 Å². The summed E-state index contributed by atoms with van der Waals surface area (Å²) in [4.78, 5) is 4.13. The first kappa shape index (κ1) is 9.42. The molecule has 1 atom stereocenters. The number of rotatable bonds is 3. The minimum absolute atomic E-state index is 0.195. The van der Waals surface area contributed by atoms with Crippen molar-refractivity contribution in [2.75, 3.05) is 31.7 Å². The fourth-order valence-electron chi connectivity index (χ4n) is 1.23. The van der Waals surface area contributed by atoms with Gasteiger partial charge in [-0.05, 0) is 6.92 Å². The minimum Gasteiger partial charge on any atom is -0.376 e. The summed E-state index contributed by atoms with van der Waals surface area (Å²) in [5.41, 5.74) is 0. The van der Waals surface area contributed by atoms with Gasteiger partial charge in [-0.3, -0.25) is 0 Å². The summed E-state index contributed by atoms with van der Waals surface area (Å²) in [5, 5.41) is 6.74. The molecule has 0 aliphatic carbocycles. The fraction of sp³-hybridized carbons (Fsp3) is 0.750. The second-order valence-electron chi connectivity index (χ2n) is 2.92. The zero-order chi connectivity index (χ0) is 9.80. The van der Waals surface area contributed by atoms with Crippen molar-refractivity contribution in [3.05, 3.63) is 5.82 Å². The lowest BCUT2D eigenvalue weighted by Crippen LogP contribution is -2.22. The van der Waals surface area contributed by atoms with Gasteiger partial charge in [-0.15, -0.1) is 0 Å². The maximum atomic E-state index is 5.42. The Kier molecular flexibility index (Phi) is 2.95. The summed E-state index contributed by atoms with van der Waals surface area (Å²) < 4.78 is 15.6. The number of anilines is 1. The van der Waals surface area contributed by atoms with E-state index in [1.807, 2.05) is 6.92 Å². The van der Waals surface area contributed by atoms with Crippen LogP contribution in [0.4, 0.5) is 6.01 Å². The van der Waals surface area contributed by atoms with E-state index in [0.29, 0.717) is 31.7 Å². The maximum Gasteiger partial charge on any atom is 0.321 e. The van der Waals surface area contributed by atoms with E-state index in [2.05, 4.69) is 15.5 Å². The molecule has 6 nitrogen and oxygen atoms in total. The predicted octanol–water partition coefficient (Wildman–Crippen LogP) is 0.589. The summed E-state index contributed by atoms with van der Waals surface area (Å²) in [6.45, 7) is 4.42. The molecule has 1 aliphatic rings. The maximum absolute atomic E-state index is 5.42. The Morgan fingerprint density at radius 1 is 1.50 bits per heavy atom. The Morgan fingerprint density at radius 3 is 3.14 bits per heavy atom. The van der Waals surface area contributed by atoms with Crippen LogP contribution in [0.15, 0.2) is 4.52 Å². The molecule has 6 heteroatoms. The van der Waals surface area contributed by atoms with Crippen LogP contribution in [0.2, 0.25) is 0 Å². The van der Waals surface area contributed by atoms with Crippen molar-refractivity contribution in [1.29, 1.82) is 0 Å². The number of hydrogen-bond donors (Lipinski definition) is 1. The normalized spacial score (nSPS) is 22.2. The van der Waals surface area contributed by atoms with E-state index in [0.717, 1.165) is 6.54 Å². The van der Waals surface area contributed by atoms with Gasteiger partial charge in [-0.25, -0.2) is 0 Å². The highest BCUT2D eigenvalue weighted by molar-refractivity contribution is 5.18. The van der Waals surface area contributed by atoms with Crippen LogP contribution in [-0.2, 0) is 9.47 Å². The van der Waals surface area contributed by atoms with Crippen molar-refractivity contribution in [1.82, 2.24) is 10.1 Å². The second-order valence-corrected chi connectivity index (χ2v) is 2.92. The molecule has 0 saturated carbocycles. The predicted molar refractivity (Wildman–Crippen MR) is 48.0 cm³/mol. The molecule has 1 N–H and O–H groups in total. The molecule has 1 fully saturated rings. The third-order valence-electron chi connectivity index (χ3n) is 1.87. The van der Waals surface area contributed by atoms with E-state index < -0.39 is 0 Å². The van der Waals surface area contributed by atoms with Crippen LogP contribution in [0, 0.1) is 0 Å². The molecular formula is C8H13N3O3. The molecule has 2 rings (SSSR count). The van der Waals surface area contributed by atoms with Crippen molar-refractivity contribution in [3.63, 3.8) is 0 Å². The summed E-state index contributed by atoms with van der Waals surface area (Å²) in [7, 11) is 0. The molecule has 1 saturated heterocycles. The SMILES string of the molecule is CCNc1nc(C2COCCO2)no1. The zero-order valence-corrected chi connectivity index (χ0v) is 8.02. The van der Waals surface area contributed by atoms with Gasteiger partial charge in [0.1, 0.15) is 6.10 Å². The molecule has 1 aliphatic heterocycles. The Morgan fingerprint density at radius 2 is 2.43 bits per heavy atom. The van der Waals surface area contributed by atoms with Crippen LogP contribution in [0.1, 0.15) is 18.9 Å². The molecule has 1 aromatic rings. The van der Waals surface area contributed by atoms with E-state index in [1.54, 1.807) is 0 Å². The van der Waals surface area contributed by atoms with Crippen LogP contribution in [0.3, 0.4) is 0 Å². The van der Waals surface area contributed by atoms with Crippen LogP contribution in [0.5, 0.6) is 0 Å². The third kappa shape index (κ3) is 2.02. The van der Waals surface area contributed by atoms with Crippen LogP contribution in [-0.4, -0.2) is 36.5 Å². The van der Waals surface area contributed by atoms with Crippen molar-refractivity contribution >= 4 is 6.01 Å². The Bertz CT molecular complexity index is 283. The molecule has 0 amide bonds.